The minimum Gasteiger partial charge on any atom is -0.445 e. The Hall–Kier alpha value is -1.59. The van der Waals surface area contributed by atoms with Gasteiger partial charge in [-0.2, -0.15) is 0 Å². The molecule has 1 aromatic carbocycles. The van der Waals surface area contributed by atoms with E-state index in [1.807, 2.05) is 30.3 Å². The summed E-state index contributed by atoms with van der Waals surface area (Å²) in [6, 6.07) is 10.1. The van der Waals surface area contributed by atoms with Gasteiger partial charge in [0.05, 0.1) is 0 Å². The van der Waals surface area contributed by atoms with E-state index >= 15 is 0 Å². The summed E-state index contributed by atoms with van der Waals surface area (Å²) in [4.78, 5) is 14.7. The molecule has 0 bridgehead atoms. The fourth-order valence-corrected chi connectivity index (χ4v) is 5.21. The zero-order valence-corrected chi connectivity index (χ0v) is 17.0. The van der Waals surface area contributed by atoms with Crippen LogP contribution in [-0.2, 0) is 11.3 Å². The summed E-state index contributed by atoms with van der Waals surface area (Å²) in [5.74, 6) is 0.927. The van der Waals surface area contributed by atoms with Gasteiger partial charge in [-0.15, -0.1) is 0 Å². The zero-order valence-electron chi connectivity index (χ0n) is 17.0. The molecule has 0 radical (unpaired) electrons. The van der Waals surface area contributed by atoms with Crippen LogP contribution in [0.5, 0.6) is 0 Å². The van der Waals surface area contributed by atoms with Crippen LogP contribution >= 0.6 is 0 Å². The maximum atomic E-state index is 12.0. The minimum atomic E-state index is -0.275. The van der Waals surface area contributed by atoms with E-state index in [-0.39, 0.29) is 6.09 Å². The molecule has 154 valence electrons. The Balaban J connectivity index is 1.10. The number of rotatable bonds is 6. The van der Waals surface area contributed by atoms with Crippen molar-refractivity contribution < 1.29 is 9.53 Å². The lowest BCUT2D eigenvalue weighted by molar-refractivity contribution is 0.00370. The monoisotopic (exact) mass is 385 g/mol. The van der Waals surface area contributed by atoms with Crippen molar-refractivity contribution in [3.8, 4) is 0 Å². The third kappa shape index (κ3) is 5.26. The summed E-state index contributed by atoms with van der Waals surface area (Å²) >= 11 is 0. The van der Waals surface area contributed by atoms with E-state index in [0.29, 0.717) is 18.1 Å². The van der Waals surface area contributed by atoms with Crippen molar-refractivity contribution in [1.82, 2.24) is 15.5 Å². The molecule has 3 aliphatic rings. The summed E-state index contributed by atoms with van der Waals surface area (Å²) in [7, 11) is 0. The largest absolute Gasteiger partial charge is 0.445 e. The first-order chi connectivity index (χ1) is 13.7. The highest BCUT2D eigenvalue weighted by Gasteiger charge is 2.46. The molecule has 1 spiro atoms. The average molecular weight is 386 g/mol. The molecule has 2 saturated heterocycles. The summed E-state index contributed by atoms with van der Waals surface area (Å²) in [5, 5.41) is 6.52. The van der Waals surface area contributed by atoms with Gasteiger partial charge in [0, 0.05) is 6.04 Å². The third-order valence-corrected chi connectivity index (χ3v) is 7.12. The predicted octanol–water partition coefficient (Wildman–Crippen LogP) is 3.55. The molecule has 4 rings (SSSR count). The van der Waals surface area contributed by atoms with Crippen LogP contribution in [0.25, 0.3) is 0 Å². The smallest absolute Gasteiger partial charge is 0.407 e. The summed E-state index contributed by atoms with van der Waals surface area (Å²) in [5.41, 5.74) is 1.50. The van der Waals surface area contributed by atoms with E-state index in [1.54, 1.807) is 0 Å². The van der Waals surface area contributed by atoms with Gasteiger partial charge in [0.25, 0.3) is 0 Å². The number of piperidine rings is 2. The molecule has 5 heteroatoms. The van der Waals surface area contributed by atoms with Crippen molar-refractivity contribution in [1.29, 1.82) is 0 Å². The van der Waals surface area contributed by atoms with Crippen LogP contribution in [0.4, 0.5) is 4.79 Å². The molecular weight excluding hydrogens is 350 g/mol. The van der Waals surface area contributed by atoms with Gasteiger partial charge in [0.1, 0.15) is 6.61 Å². The Bertz CT molecular complexity index is 614. The number of likely N-dealkylation sites (tertiary alicyclic amines) is 1. The van der Waals surface area contributed by atoms with Gasteiger partial charge >= 0.3 is 6.09 Å². The third-order valence-electron chi connectivity index (χ3n) is 7.12. The molecule has 28 heavy (non-hydrogen) atoms. The fourth-order valence-electron chi connectivity index (χ4n) is 5.21. The second-order valence-electron chi connectivity index (χ2n) is 9.13. The van der Waals surface area contributed by atoms with Crippen molar-refractivity contribution in [2.24, 2.45) is 11.3 Å². The molecule has 0 unspecified atom stereocenters. The second kappa shape index (κ2) is 9.27. The normalized spacial score (nSPS) is 23.3. The fraction of sp³-hybridized carbons (Fsp3) is 0.696. The van der Waals surface area contributed by atoms with E-state index in [1.165, 1.54) is 64.8 Å². The molecule has 2 heterocycles. The lowest BCUT2D eigenvalue weighted by Gasteiger charge is -2.52. The zero-order chi connectivity index (χ0) is 19.2. The Morgan fingerprint density at radius 1 is 1.14 bits per heavy atom. The molecule has 1 saturated carbocycles. The van der Waals surface area contributed by atoms with Crippen molar-refractivity contribution >= 4 is 6.09 Å². The predicted molar refractivity (Wildman–Crippen MR) is 111 cm³/mol. The van der Waals surface area contributed by atoms with E-state index in [9.17, 15) is 4.79 Å². The van der Waals surface area contributed by atoms with Crippen LogP contribution in [-0.4, -0.2) is 49.8 Å². The maximum absolute atomic E-state index is 12.0. The first-order valence-electron chi connectivity index (χ1n) is 11.1. The molecule has 5 nitrogen and oxygen atoms in total. The topological polar surface area (TPSA) is 53.6 Å². The standard InChI is InChI=1S/C23H35N3O2/c27-22(28-18-20-4-2-1-3-5-20)25-21-16-23(17-21)9-14-26(15-10-23)13-8-19-6-11-24-12-7-19/h1-5,19,21,24H,6-18H2,(H,25,27). The van der Waals surface area contributed by atoms with Gasteiger partial charge in [0.15, 0.2) is 0 Å². The van der Waals surface area contributed by atoms with Gasteiger partial charge in [0.2, 0.25) is 0 Å². The Morgan fingerprint density at radius 2 is 1.86 bits per heavy atom. The van der Waals surface area contributed by atoms with Crippen molar-refractivity contribution in [2.75, 3.05) is 32.7 Å². The van der Waals surface area contributed by atoms with Crippen LogP contribution in [0.1, 0.15) is 50.5 Å². The van der Waals surface area contributed by atoms with Crippen LogP contribution in [0.15, 0.2) is 30.3 Å². The highest BCUT2D eigenvalue weighted by Crippen LogP contribution is 2.49. The first-order valence-corrected chi connectivity index (χ1v) is 11.1. The van der Waals surface area contributed by atoms with E-state index < -0.39 is 0 Å². The Kier molecular flexibility index (Phi) is 6.53. The molecule has 1 aromatic rings. The quantitative estimate of drug-likeness (QED) is 0.786. The SMILES string of the molecule is O=C(NC1CC2(CCN(CCC3CCNCC3)CC2)C1)OCc1ccccc1. The number of ether oxygens (including phenoxy) is 1. The van der Waals surface area contributed by atoms with Crippen molar-refractivity contribution in [3.05, 3.63) is 35.9 Å². The van der Waals surface area contributed by atoms with E-state index in [4.69, 9.17) is 4.74 Å². The molecule has 2 N–H and O–H groups in total. The van der Waals surface area contributed by atoms with Crippen LogP contribution in [0, 0.1) is 11.3 Å². The number of amides is 1. The number of benzene rings is 1. The highest BCUT2D eigenvalue weighted by atomic mass is 16.5. The lowest BCUT2D eigenvalue weighted by Crippen LogP contribution is -2.55. The van der Waals surface area contributed by atoms with Crippen LogP contribution in [0.2, 0.25) is 0 Å². The summed E-state index contributed by atoms with van der Waals surface area (Å²) in [6.07, 6.45) is 8.62. The molecule has 0 aromatic heterocycles. The summed E-state index contributed by atoms with van der Waals surface area (Å²) < 4.78 is 5.35. The van der Waals surface area contributed by atoms with E-state index in [0.717, 1.165) is 24.3 Å². The van der Waals surface area contributed by atoms with Gasteiger partial charge in [-0.25, -0.2) is 4.79 Å². The average Bonchev–Trinajstić information content (AvgIpc) is 2.72. The van der Waals surface area contributed by atoms with Crippen LogP contribution < -0.4 is 10.6 Å². The van der Waals surface area contributed by atoms with Gasteiger partial charge < -0.3 is 20.3 Å². The van der Waals surface area contributed by atoms with Crippen molar-refractivity contribution in [2.45, 2.75) is 57.6 Å². The Labute approximate surface area is 169 Å². The van der Waals surface area contributed by atoms with Gasteiger partial charge in [-0.1, -0.05) is 30.3 Å². The highest BCUT2D eigenvalue weighted by molar-refractivity contribution is 5.67. The van der Waals surface area contributed by atoms with Gasteiger partial charge in [-0.05, 0) is 94.6 Å². The van der Waals surface area contributed by atoms with Crippen LogP contribution in [0.3, 0.4) is 0 Å². The number of carbonyl (C=O) groups excluding carboxylic acids is 1. The lowest BCUT2D eigenvalue weighted by atomic mass is 9.60. The van der Waals surface area contributed by atoms with Crippen molar-refractivity contribution in [3.63, 3.8) is 0 Å². The number of hydrogen-bond acceptors (Lipinski definition) is 4. The molecule has 3 fully saturated rings. The molecule has 2 aliphatic heterocycles. The first kappa shape index (κ1) is 19.7. The molecule has 1 amide bonds. The number of nitrogens with one attached hydrogen (secondary N) is 2. The second-order valence-corrected chi connectivity index (χ2v) is 9.13. The maximum Gasteiger partial charge on any atom is 0.407 e. The number of alkyl carbamates (subject to hydrolysis) is 1. The molecule has 0 atom stereocenters. The number of nitrogens with zero attached hydrogens (tertiary/aromatic N) is 1. The Morgan fingerprint density at radius 3 is 2.57 bits per heavy atom. The minimum absolute atomic E-state index is 0.275. The van der Waals surface area contributed by atoms with Gasteiger partial charge in [-0.3, -0.25) is 0 Å². The molecular formula is C23H35N3O2. The number of carbonyl (C=O) groups is 1. The van der Waals surface area contributed by atoms with E-state index in [2.05, 4.69) is 15.5 Å². The summed E-state index contributed by atoms with van der Waals surface area (Å²) in [6.45, 7) is 6.49. The molecule has 1 aliphatic carbocycles. The number of hydrogen-bond donors (Lipinski definition) is 2.